The molecule has 1 aliphatic heterocycles. The van der Waals surface area contributed by atoms with Crippen molar-refractivity contribution >= 4 is 39.3 Å². The molecule has 0 bridgehead atoms. The van der Waals surface area contributed by atoms with Gasteiger partial charge in [-0.2, -0.15) is 0 Å². The minimum atomic E-state index is 0.396. The number of thioether (sulfide) groups is 1. The molecule has 1 aliphatic rings. The van der Waals surface area contributed by atoms with E-state index in [2.05, 4.69) is 21.2 Å². The van der Waals surface area contributed by atoms with Gasteiger partial charge in [0.2, 0.25) is 0 Å². The van der Waals surface area contributed by atoms with Crippen molar-refractivity contribution in [3.05, 3.63) is 33.3 Å². The van der Waals surface area contributed by atoms with Crippen molar-refractivity contribution in [1.82, 2.24) is 5.32 Å². The Labute approximate surface area is 95.4 Å². The van der Waals surface area contributed by atoms with E-state index in [-0.39, 0.29) is 0 Å². The van der Waals surface area contributed by atoms with E-state index >= 15 is 0 Å². The fraction of sp³-hybridized carbons (Fsp3) is 0.333. The van der Waals surface area contributed by atoms with Crippen LogP contribution < -0.4 is 5.32 Å². The molecule has 1 heterocycles. The fourth-order valence-corrected chi connectivity index (χ4v) is 3.23. The second kappa shape index (κ2) is 4.22. The van der Waals surface area contributed by atoms with Gasteiger partial charge in [0.15, 0.2) is 0 Å². The summed E-state index contributed by atoms with van der Waals surface area (Å²) < 4.78 is 1.13. The van der Waals surface area contributed by atoms with Crippen LogP contribution in [0.25, 0.3) is 0 Å². The van der Waals surface area contributed by atoms with Crippen LogP contribution in [0.2, 0.25) is 5.02 Å². The average Bonchev–Trinajstić information content (AvgIpc) is 2.61. The molecule has 0 saturated carbocycles. The molecule has 1 aromatic rings. The Hall–Kier alpha value is 0.300. The summed E-state index contributed by atoms with van der Waals surface area (Å²) in [7, 11) is 0. The van der Waals surface area contributed by atoms with Crippen molar-refractivity contribution < 1.29 is 0 Å². The summed E-state index contributed by atoms with van der Waals surface area (Å²) in [5, 5.41) is 4.61. The molecule has 70 valence electrons. The monoisotopic (exact) mass is 277 g/mol. The van der Waals surface area contributed by atoms with E-state index in [0.29, 0.717) is 5.37 Å². The van der Waals surface area contributed by atoms with Gasteiger partial charge in [-0.3, -0.25) is 0 Å². The minimum absolute atomic E-state index is 0.396. The first-order valence-electron chi connectivity index (χ1n) is 4.07. The smallest absolute Gasteiger partial charge is 0.0801 e. The van der Waals surface area contributed by atoms with Crippen LogP contribution in [0.3, 0.4) is 0 Å². The highest BCUT2D eigenvalue weighted by atomic mass is 79.9. The topological polar surface area (TPSA) is 12.0 Å². The van der Waals surface area contributed by atoms with Gasteiger partial charge in [-0.1, -0.05) is 27.5 Å². The third kappa shape index (κ3) is 2.21. The maximum atomic E-state index is 5.94. The molecule has 0 aromatic heterocycles. The van der Waals surface area contributed by atoms with E-state index in [4.69, 9.17) is 11.6 Å². The van der Waals surface area contributed by atoms with Crippen LogP contribution in [0, 0.1) is 0 Å². The SMILES string of the molecule is Clc1ccc(Br)c(C2NCCS2)c1. The number of hydrogen-bond donors (Lipinski definition) is 1. The standard InChI is InChI=1S/C9H9BrClNS/c10-8-2-1-6(11)5-7(8)9-12-3-4-13-9/h1-2,5,9,12H,3-4H2. The first-order chi connectivity index (χ1) is 6.27. The Kier molecular flexibility index (Phi) is 3.19. The number of halogens is 2. The lowest BCUT2D eigenvalue weighted by atomic mass is 10.2. The van der Waals surface area contributed by atoms with Gasteiger partial charge in [-0.25, -0.2) is 0 Å². The van der Waals surface area contributed by atoms with Gasteiger partial charge >= 0.3 is 0 Å². The Morgan fingerprint density at radius 1 is 1.54 bits per heavy atom. The molecule has 0 spiro atoms. The van der Waals surface area contributed by atoms with E-state index in [1.807, 2.05) is 30.0 Å². The lowest BCUT2D eigenvalue weighted by Gasteiger charge is -2.11. The molecular weight excluding hydrogens is 270 g/mol. The largest absolute Gasteiger partial charge is 0.301 e. The molecule has 1 N–H and O–H groups in total. The first-order valence-corrected chi connectivity index (χ1v) is 6.29. The zero-order valence-electron chi connectivity index (χ0n) is 6.89. The van der Waals surface area contributed by atoms with Gasteiger partial charge in [0, 0.05) is 21.8 Å². The molecule has 0 radical (unpaired) electrons. The van der Waals surface area contributed by atoms with Crippen LogP contribution in [-0.2, 0) is 0 Å². The van der Waals surface area contributed by atoms with Crippen molar-refractivity contribution in [2.45, 2.75) is 5.37 Å². The molecule has 1 nitrogen and oxygen atoms in total. The summed E-state index contributed by atoms with van der Waals surface area (Å²) in [5.41, 5.74) is 1.25. The van der Waals surface area contributed by atoms with Crippen molar-refractivity contribution in [2.24, 2.45) is 0 Å². The van der Waals surface area contributed by atoms with Gasteiger partial charge < -0.3 is 5.32 Å². The Morgan fingerprint density at radius 2 is 2.38 bits per heavy atom. The Balaban J connectivity index is 2.32. The summed E-state index contributed by atoms with van der Waals surface area (Å²) >= 11 is 11.4. The highest BCUT2D eigenvalue weighted by Gasteiger charge is 2.18. The van der Waals surface area contributed by atoms with E-state index in [9.17, 15) is 0 Å². The van der Waals surface area contributed by atoms with Gasteiger partial charge in [0.05, 0.1) is 5.37 Å². The van der Waals surface area contributed by atoms with Crippen LogP contribution in [-0.4, -0.2) is 12.3 Å². The van der Waals surface area contributed by atoms with Crippen molar-refractivity contribution in [3.63, 3.8) is 0 Å². The van der Waals surface area contributed by atoms with Crippen LogP contribution in [0.4, 0.5) is 0 Å². The molecule has 13 heavy (non-hydrogen) atoms. The van der Waals surface area contributed by atoms with Crippen molar-refractivity contribution in [3.8, 4) is 0 Å². The average molecular weight is 279 g/mol. The summed E-state index contributed by atoms with van der Waals surface area (Å²) in [6, 6.07) is 5.91. The van der Waals surface area contributed by atoms with E-state index in [1.54, 1.807) is 0 Å². The molecule has 1 fully saturated rings. The quantitative estimate of drug-likeness (QED) is 0.844. The van der Waals surface area contributed by atoms with Crippen molar-refractivity contribution in [2.75, 3.05) is 12.3 Å². The lowest BCUT2D eigenvalue weighted by molar-refractivity contribution is 0.748. The van der Waals surface area contributed by atoms with Crippen LogP contribution in [0.15, 0.2) is 22.7 Å². The third-order valence-electron chi connectivity index (χ3n) is 1.96. The molecule has 1 aromatic carbocycles. The predicted molar refractivity (Wildman–Crippen MR) is 62.4 cm³/mol. The van der Waals surface area contributed by atoms with Crippen LogP contribution in [0.1, 0.15) is 10.9 Å². The first kappa shape index (κ1) is 9.84. The van der Waals surface area contributed by atoms with Crippen LogP contribution in [0.5, 0.6) is 0 Å². The van der Waals surface area contributed by atoms with E-state index in [0.717, 1.165) is 16.0 Å². The van der Waals surface area contributed by atoms with Gasteiger partial charge in [0.1, 0.15) is 0 Å². The molecule has 1 atom stereocenters. The normalized spacial score (nSPS) is 22.2. The maximum Gasteiger partial charge on any atom is 0.0801 e. The molecular formula is C9H9BrClNS. The predicted octanol–water partition coefficient (Wildman–Crippen LogP) is 3.44. The summed E-state index contributed by atoms with van der Waals surface area (Å²) in [6.45, 7) is 1.08. The summed E-state index contributed by atoms with van der Waals surface area (Å²) in [6.07, 6.45) is 0. The second-order valence-corrected chi connectivity index (χ2v) is 5.37. The number of rotatable bonds is 1. The van der Waals surface area contributed by atoms with Crippen molar-refractivity contribution in [1.29, 1.82) is 0 Å². The zero-order chi connectivity index (χ0) is 9.26. The van der Waals surface area contributed by atoms with E-state index < -0.39 is 0 Å². The highest BCUT2D eigenvalue weighted by molar-refractivity contribution is 9.10. The molecule has 1 saturated heterocycles. The summed E-state index contributed by atoms with van der Waals surface area (Å²) in [4.78, 5) is 0. The maximum absolute atomic E-state index is 5.94. The molecule has 2 rings (SSSR count). The highest BCUT2D eigenvalue weighted by Crippen LogP contribution is 2.35. The summed E-state index contributed by atoms with van der Waals surface area (Å²) in [5.74, 6) is 1.17. The fourth-order valence-electron chi connectivity index (χ4n) is 1.34. The van der Waals surface area contributed by atoms with Gasteiger partial charge in [-0.05, 0) is 23.8 Å². The van der Waals surface area contributed by atoms with Gasteiger partial charge in [0.25, 0.3) is 0 Å². The second-order valence-electron chi connectivity index (χ2n) is 2.87. The molecule has 4 heteroatoms. The zero-order valence-corrected chi connectivity index (χ0v) is 10.0. The van der Waals surface area contributed by atoms with Crippen LogP contribution >= 0.6 is 39.3 Å². The number of nitrogens with one attached hydrogen (secondary N) is 1. The number of benzene rings is 1. The molecule has 0 aliphatic carbocycles. The van der Waals surface area contributed by atoms with E-state index in [1.165, 1.54) is 11.3 Å². The lowest BCUT2D eigenvalue weighted by Crippen LogP contribution is -2.12. The Morgan fingerprint density at radius 3 is 3.08 bits per heavy atom. The third-order valence-corrected chi connectivity index (χ3v) is 4.11. The van der Waals surface area contributed by atoms with Gasteiger partial charge in [-0.15, -0.1) is 11.8 Å². The molecule has 0 amide bonds. The number of hydrogen-bond acceptors (Lipinski definition) is 2. The molecule has 1 unspecified atom stereocenters. The Bertz CT molecular complexity index is 312. The minimum Gasteiger partial charge on any atom is -0.301 e.